The Hall–Kier alpha value is -4.41. The zero-order valence-electron chi connectivity index (χ0n) is 14.4. The number of carbonyl (C=O) groups is 5. The number of nitro groups is 1. The molecule has 0 saturated carbocycles. The van der Waals surface area contributed by atoms with Crippen molar-refractivity contribution < 1.29 is 28.9 Å². The molecular formula is C18H10N4O7. The zero-order chi connectivity index (χ0) is 20.9. The molecule has 11 heteroatoms. The third kappa shape index (κ3) is 2.72. The van der Waals surface area contributed by atoms with Gasteiger partial charge in [-0.3, -0.25) is 44.4 Å². The number of imide groups is 2. The molecule has 0 aliphatic carbocycles. The summed E-state index contributed by atoms with van der Waals surface area (Å²) in [6.45, 7) is -0.770. The highest BCUT2D eigenvalue weighted by molar-refractivity contribution is 6.23. The highest BCUT2D eigenvalue weighted by Crippen LogP contribution is 2.27. The van der Waals surface area contributed by atoms with Gasteiger partial charge < -0.3 is 0 Å². The third-order valence-electron chi connectivity index (χ3n) is 4.50. The van der Waals surface area contributed by atoms with E-state index in [2.05, 4.69) is 5.43 Å². The van der Waals surface area contributed by atoms with Crippen molar-refractivity contribution in [3.63, 3.8) is 0 Å². The lowest BCUT2D eigenvalue weighted by Gasteiger charge is -2.18. The van der Waals surface area contributed by atoms with Gasteiger partial charge in [0.05, 0.1) is 27.2 Å². The van der Waals surface area contributed by atoms with E-state index in [1.54, 1.807) is 12.1 Å². The van der Waals surface area contributed by atoms with E-state index in [1.807, 2.05) is 0 Å². The SMILES string of the molecule is O=C(CN1C(=O)c2ccc([N+](=O)[O-])cc2C1=O)NN1C(=O)c2ccccc2C1=O. The second kappa shape index (κ2) is 6.34. The molecule has 11 nitrogen and oxygen atoms in total. The summed E-state index contributed by atoms with van der Waals surface area (Å²) in [5.74, 6) is -4.12. The van der Waals surface area contributed by atoms with Crippen molar-refractivity contribution in [1.29, 1.82) is 0 Å². The molecule has 4 rings (SSSR count). The lowest BCUT2D eigenvalue weighted by molar-refractivity contribution is -0.384. The maximum atomic E-state index is 12.4. The molecular weight excluding hydrogens is 384 g/mol. The van der Waals surface area contributed by atoms with Gasteiger partial charge in [0.15, 0.2) is 0 Å². The lowest BCUT2D eigenvalue weighted by atomic mass is 10.1. The Morgan fingerprint density at radius 3 is 2.00 bits per heavy atom. The van der Waals surface area contributed by atoms with E-state index in [4.69, 9.17) is 0 Å². The number of rotatable bonds is 4. The Kier molecular flexibility index (Phi) is 3.93. The Morgan fingerprint density at radius 2 is 1.41 bits per heavy atom. The summed E-state index contributed by atoms with van der Waals surface area (Å²) in [5, 5.41) is 11.4. The molecule has 2 aliphatic rings. The fourth-order valence-electron chi connectivity index (χ4n) is 3.13. The van der Waals surface area contributed by atoms with E-state index in [0.29, 0.717) is 9.91 Å². The number of hydrogen-bond acceptors (Lipinski definition) is 7. The summed E-state index contributed by atoms with van der Waals surface area (Å²) in [7, 11) is 0. The molecule has 1 N–H and O–H groups in total. The van der Waals surface area contributed by atoms with Gasteiger partial charge >= 0.3 is 0 Å². The summed E-state index contributed by atoms with van der Waals surface area (Å²) in [4.78, 5) is 72.4. The van der Waals surface area contributed by atoms with Crippen molar-refractivity contribution in [3.8, 4) is 0 Å². The van der Waals surface area contributed by atoms with Crippen LogP contribution >= 0.6 is 0 Å². The highest BCUT2D eigenvalue weighted by Gasteiger charge is 2.40. The number of nitrogens with zero attached hydrogens (tertiary/aromatic N) is 3. The van der Waals surface area contributed by atoms with Gasteiger partial charge in [-0.2, -0.15) is 5.01 Å². The van der Waals surface area contributed by atoms with Crippen LogP contribution in [-0.2, 0) is 4.79 Å². The molecule has 144 valence electrons. The van der Waals surface area contributed by atoms with Crippen LogP contribution in [0.2, 0.25) is 0 Å². The maximum Gasteiger partial charge on any atom is 0.280 e. The van der Waals surface area contributed by atoms with Crippen molar-refractivity contribution in [3.05, 3.63) is 74.8 Å². The summed E-state index contributed by atoms with van der Waals surface area (Å²) in [6.07, 6.45) is 0. The summed E-state index contributed by atoms with van der Waals surface area (Å²) in [6, 6.07) is 9.15. The van der Waals surface area contributed by atoms with Crippen LogP contribution in [0.3, 0.4) is 0 Å². The normalized spacial score (nSPS) is 14.9. The van der Waals surface area contributed by atoms with Gasteiger partial charge in [0.1, 0.15) is 6.54 Å². The minimum Gasteiger partial charge on any atom is -0.271 e. The van der Waals surface area contributed by atoms with E-state index in [1.165, 1.54) is 12.1 Å². The number of fused-ring (bicyclic) bond motifs is 2. The predicted molar refractivity (Wildman–Crippen MR) is 93.5 cm³/mol. The molecule has 2 aliphatic heterocycles. The standard InChI is InChI=1S/C18H10N4O7/c23-14(19-21-17(26)10-3-1-2-4-11(10)18(21)27)8-20-15(24)12-6-5-9(22(28)29)7-13(12)16(20)25/h1-7H,8H2,(H,19,23). The van der Waals surface area contributed by atoms with E-state index in [9.17, 15) is 34.1 Å². The molecule has 0 bridgehead atoms. The zero-order valence-corrected chi connectivity index (χ0v) is 14.4. The fourth-order valence-corrected chi connectivity index (χ4v) is 3.13. The molecule has 29 heavy (non-hydrogen) atoms. The van der Waals surface area contributed by atoms with Crippen LogP contribution in [0.5, 0.6) is 0 Å². The van der Waals surface area contributed by atoms with Gasteiger partial charge in [-0.1, -0.05) is 12.1 Å². The first-order valence-electron chi connectivity index (χ1n) is 8.21. The first-order valence-corrected chi connectivity index (χ1v) is 8.21. The quantitative estimate of drug-likeness (QED) is 0.452. The second-order valence-corrected chi connectivity index (χ2v) is 6.21. The predicted octanol–water partition coefficient (Wildman–Crippen LogP) is 0.518. The minimum atomic E-state index is -0.955. The Bertz CT molecular complexity index is 1120. The van der Waals surface area contributed by atoms with Crippen LogP contribution in [0.25, 0.3) is 0 Å². The molecule has 2 heterocycles. The van der Waals surface area contributed by atoms with Gasteiger partial charge in [-0.15, -0.1) is 0 Å². The molecule has 2 aromatic carbocycles. The number of carbonyl (C=O) groups excluding carboxylic acids is 5. The number of nitro benzene ring substituents is 1. The third-order valence-corrected chi connectivity index (χ3v) is 4.50. The van der Waals surface area contributed by atoms with Crippen LogP contribution in [0.15, 0.2) is 42.5 Å². The van der Waals surface area contributed by atoms with E-state index in [0.717, 1.165) is 18.2 Å². The molecule has 0 atom stereocenters. The van der Waals surface area contributed by atoms with Gasteiger partial charge in [-0.05, 0) is 18.2 Å². The van der Waals surface area contributed by atoms with Crippen LogP contribution < -0.4 is 5.43 Å². The van der Waals surface area contributed by atoms with E-state index >= 15 is 0 Å². The summed E-state index contributed by atoms with van der Waals surface area (Å²) < 4.78 is 0. The maximum absolute atomic E-state index is 12.4. The van der Waals surface area contributed by atoms with Gasteiger partial charge in [0.2, 0.25) is 0 Å². The Morgan fingerprint density at radius 1 is 0.862 bits per heavy atom. The van der Waals surface area contributed by atoms with Crippen molar-refractivity contribution >= 4 is 35.2 Å². The van der Waals surface area contributed by atoms with Crippen LogP contribution in [-0.4, -0.2) is 50.9 Å². The Labute approximate surface area is 161 Å². The first kappa shape index (κ1) is 18.0. The fraction of sp³-hybridized carbons (Fsp3) is 0.0556. The van der Waals surface area contributed by atoms with Crippen LogP contribution in [0.4, 0.5) is 5.69 Å². The molecule has 0 fully saturated rings. The Balaban J connectivity index is 1.50. The topological polar surface area (TPSA) is 147 Å². The average molecular weight is 394 g/mol. The molecule has 0 unspecified atom stereocenters. The van der Waals surface area contributed by atoms with Gasteiger partial charge in [0, 0.05) is 12.1 Å². The average Bonchev–Trinajstić information content (AvgIpc) is 3.09. The monoisotopic (exact) mass is 394 g/mol. The number of amides is 5. The number of hydrogen-bond donors (Lipinski definition) is 1. The largest absolute Gasteiger partial charge is 0.280 e. The highest BCUT2D eigenvalue weighted by atomic mass is 16.6. The van der Waals surface area contributed by atoms with Crippen molar-refractivity contribution in [1.82, 2.24) is 15.3 Å². The number of nitrogens with one attached hydrogen (secondary N) is 1. The number of non-ortho nitro benzene ring substituents is 1. The summed E-state index contributed by atoms with van der Waals surface area (Å²) >= 11 is 0. The molecule has 2 aromatic rings. The van der Waals surface area contributed by atoms with Crippen LogP contribution in [0.1, 0.15) is 41.4 Å². The summed E-state index contributed by atoms with van der Waals surface area (Å²) in [5.41, 5.74) is 1.68. The number of benzene rings is 2. The lowest BCUT2D eigenvalue weighted by Crippen LogP contribution is -2.50. The number of hydrazine groups is 1. The van der Waals surface area contributed by atoms with Crippen molar-refractivity contribution in [2.45, 2.75) is 0 Å². The molecule has 0 spiro atoms. The van der Waals surface area contributed by atoms with E-state index in [-0.39, 0.29) is 27.9 Å². The minimum absolute atomic E-state index is 0.0749. The van der Waals surface area contributed by atoms with Crippen LogP contribution in [0, 0.1) is 10.1 Å². The molecule has 5 amide bonds. The first-order chi connectivity index (χ1) is 13.8. The second-order valence-electron chi connectivity index (χ2n) is 6.21. The van der Waals surface area contributed by atoms with Crippen molar-refractivity contribution in [2.75, 3.05) is 6.54 Å². The smallest absolute Gasteiger partial charge is 0.271 e. The molecule has 0 saturated heterocycles. The van der Waals surface area contributed by atoms with Gasteiger partial charge in [-0.25, -0.2) is 0 Å². The molecule has 0 radical (unpaired) electrons. The van der Waals surface area contributed by atoms with E-state index < -0.39 is 41.0 Å². The van der Waals surface area contributed by atoms with Crippen molar-refractivity contribution in [2.24, 2.45) is 0 Å². The molecule has 0 aromatic heterocycles. The van der Waals surface area contributed by atoms with Gasteiger partial charge in [0.25, 0.3) is 35.2 Å².